The molecule has 2 aliphatic rings. The maximum atomic E-state index is 9.86. The highest BCUT2D eigenvalue weighted by Gasteiger charge is 2.26. The summed E-state index contributed by atoms with van der Waals surface area (Å²) in [7, 11) is 0. The van der Waals surface area contributed by atoms with Crippen LogP contribution in [0.3, 0.4) is 0 Å². The zero-order valence-corrected chi connectivity index (χ0v) is 38.4. The largest absolute Gasteiger partial charge is 0.506 e. The van der Waals surface area contributed by atoms with Gasteiger partial charge in [0.1, 0.15) is 23.1 Å². The highest BCUT2D eigenvalue weighted by molar-refractivity contribution is 6.32. The molecule has 6 aromatic rings. The smallest absolute Gasteiger partial charge is 0.134 e. The summed E-state index contributed by atoms with van der Waals surface area (Å²) in [5, 5.41) is 37.1. The average molecular weight is 878 g/mol. The molecule has 62 heavy (non-hydrogen) atoms. The first-order valence-electron chi connectivity index (χ1n) is 21.8. The number of fused-ring (bicyclic) bond motifs is 2. The van der Waals surface area contributed by atoms with E-state index >= 15 is 0 Å². The van der Waals surface area contributed by atoms with E-state index in [1.54, 1.807) is 24.3 Å². The number of piperidine rings is 2. The Morgan fingerprint density at radius 2 is 0.919 bits per heavy atom. The van der Waals surface area contributed by atoms with Crippen LogP contribution < -0.4 is 31.1 Å². The molecule has 4 aromatic carbocycles. The van der Waals surface area contributed by atoms with Gasteiger partial charge in [0.05, 0.1) is 21.1 Å². The fourth-order valence-electron chi connectivity index (χ4n) is 8.49. The summed E-state index contributed by atoms with van der Waals surface area (Å²) in [6.07, 6.45) is 4.50. The molecule has 0 aliphatic carbocycles. The lowest BCUT2D eigenvalue weighted by atomic mass is 9.99. The van der Waals surface area contributed by atoms with Crippen LogP contribution >= 0.6 is 23.2 Å². The highest BCUT2D eigenvalue weighted by atomic mass is 35.5. The fourth-order valence-corrected chi connectivity index (χ4v) is 8.73. The molecule has 2 fully saturated rings. The van der Waals surface area contributed by atoms with Gasteiger partial charge in [-0.2, -0.15) is 0 Å². The van der Waals surface area contributed by atoms with Gasteiger partial charge in [0, 0.05) is 96.7 Å². The van der Waals surface area contributed by atoms with Gasteiger partial charge in [-0.3, -0.25) is 0 Å². The lowest BCUT2D eigenvalue weighted by Crippen LogP contribution is -2.49. The number of anilines is 4. The Morgan fingerprint density at radius 1 is 0.548 bits per heavy atom. The Hall–Kier alpha value is -5.00. The van der Waals surface area contributed by atoms with Crippen molar-refractivity contribution >= 4 is 68.0 Å². The third-order valence-corrected chi connectivity index (χ3v) is 11.9. The Morgan fingerprint density at radius 3 is 1.27 bits per heavy atom. The second kappa shape index (κ2) is 19.6. The minimum Gasteiger partial charge on any atom is -0.506 e. The summed E-state index contributed by atoms with van der Waals surface area (Å²) in [4.78, 5) is 14.6. The quantitative estimate of drug-likeness (QED) is 0.0793. The van der Waals surface area contributed by atoms with E-state index < -0.39 is 0 Å². The predicted molar refractivity (Wildman–Crippen MR) is 261 cm³/mol. The molecule has 0 radical (unpaired) electrons. The summed E-state index contributed by atoms with van der Waals surface area (Å²) in [6.45, 7) is 18.6. The number of nitrogens with zero attached hydrogens (tertiary/aromatic N) is 4. The van der Waals surface area contributed by atoms with Crippen molar-refractivity contribution in [1.29, 1.82) is 0 Å². The van der Waals surface area contributed by atoms with Gasteiger partial charge in [-0.25, -0.2) is 9.97 Å². The molecule has 0 spiro atoms. The zero-order valence-electron chi connectivity index (χ0n) is 36.9. The lowest BCUT2D eigenvalue weighted by Gasteiger charge is -2.37. The number of hydrogen-bond acceptors (Lipinski definition) is 10. The Kier molecular flexibility index (Phi) is 14.2. The number of benzene rings is 4. The monoisotopic (exact) mass is 876 g/mol. The van der Waals surface area contributed by atoms with Crippen molar-refractivity contribution in [3.63, 3.8) is 0 Å². The molecule has 0 amide bonds. The summed E-state index contributed by atoms with van der Waals surface area (Å²) in [5.41, 5.74) is 6.60. The SMILES string of the molecule is CC(C)(C)NC1CCN(c2cc(NCc3ccc(Cl)c(O)c3)nc3ccccc23)CC1.CC(C)(C)NC1CCN(c2cc(NCc3ccc(Cl)c(O)c3)nc3ccccc23)CC1. The van der Waals surface area contributed by atoms with Crippen LogP contribution in [0, 0.1) is 0 Å². The molecule has 4 heterocycles. The topological polar surface area (TPSA) is 121 Å². The molecule has 2 aliphatic heterocycles. The standard InChI is InChI=1S/2C25H31ClN4O/c2*1-25(2,3)29-18-10-12-30(13-11-18)22-15-24(28-21-7-5-4-6-19(21)22)27-16-17-8-9-20(26)23(31)14-17/h2*4-9,14-15,18,29,31H,10-13,16H2,1-3H3,(H,27,28). The van der Waals surface area contributed by atoms with Gasteiger partial charge in [0.25, 0.3) is 0 Å². The summed E-state index contributed by atoms with van der Waals surface area (Å²) in [6, 6.07) is 32.6. The van der Waals surface area contributed by atoms with Crippen LogP contribution in [-0.2, 0) is 13.1 Å². The van der Waals surface area contributed by atoms with Crippen molar-refractivity contribution in [2.24, 2.45) is 0 Å². The van der Waals surface area contributed by atoms with E-state index in [0.29, 0.717) is 35.2 Å². The van der Waals surface area contributed by atoms with Gasteiger partial charge in [-0.1, -0.05) is 71.7 Å². The Labute approximate surface area is 377 Å². The van der Waals surface area contributed by atoms with Crippen LogP contribution in [0.5, 0.6) is 11.5 Å². The third kappa shape index (κ3) is 12.1. The van der Waals surface area contributed by atoms with Crippen molar-refractivity contribution in [3.8, 4) is 11.5 Å². The maximum Gasteiger partial charge on any atom is 0.134 e. The normalized spacial score (nSPS) is 15.4. The van der Waals surface area contributed by atoms with E-state index in [0.717, 1.165) is 85.7 Å². The highest BCUT2D eigenvalue weighted by Crippen LogP contribution is 2.34. The molecule has 0 saturated carbocycles. The molecule has 8 rings (SSSR count). The van der Waals surface area contributed by atoms with Gasteiger partial charge in [0.15, 0.2) is 0 Å². The van der Waals surface area contributed by atoms with Crippen LogP contribution in [0.25, 0.3) is 21.8 Å². The molecule has 0 unspecified atom stereocenters. The summed E-state index contributed by atoms with van der Waals surface area (Å²) < 4.78 is 0. The molecule has 10 nitrogen and oxygen atoms in total. The van der Waals surface area contributed by atoms with Crippen LogP contribution in [0.4, 0.5) is 23.0 Å². The van der Waals surface area contributed by atoms with Crippen molar-refractivity contribution < 1.29 is 10.2 Å². The van der Waals surface area contributed by atoms with Crippen molar-refractivity contribution in [2.45, 2.75) is 103 Å². The minimum absolute atomic E-state index is 0.0971. The number of aromatic nitrogens is 2. The summed E-state index contributed by atoms with van der Waals surface area (Å²) >= 11 is 11.8. The molecule has 328 valence electrons. The summed E-state index contributed by atoms with van der Waals surface area (Å²) in [5.74, 6) is 1.86. The lowest BCUT2D eigenvalue weighted by molar-refractivity contribution is 0.317. The molecule has 0 bridgehead atoms. The number of aromatic hydroxyl groups is 2. The molecular weight excluding hydrogens is 816 g/mol. The molecule has 6 N–H and O–H groups in total. The van der Waals surface area contributed by atoms with Crippen molar-refractivity contribution in [3.05, 3.63) is 118 Å². The second-order valence-electron chi connectivity index (χ2n) is 18.7. The van der Waals surface area contributed by atoms with Gasteiger partial charge in [-0.15, -0.1) is 0 Å². The number of hydrogen-bond donors (Lipinski definition) is 6. The van der Waals surface area contributed by atoms with E-state index in [4.69, 9.17) is 33.2 Å². The Bertz CT molecular complexity index is 2280. The number of phenolic OH excluding ortho intramolecular Hbond substituents is 2. The Balaban J connectivity index is 0.000000186. The van der Waals surface area contributed by atoms with E-state index in [1.165, 1.54) is 22.1 Å². The molecule has 0 atom stereocenters. The molecule has 2 saturated heterocycles. The van der Waals surface area contributed by atoms with Crippen molar-refractivity contribution in [2.75, 3.05) is 46.6 Å². The van der Waals surface area contributed by atoms with Gasteiger partial charge >= 0.3 is 0 Å². The minimum atomic E-state index is 0.0971. The third-order valence-electron chi connectivity index (χ3n) is 11.3. The predicted octanol–water partition coefficient (Wildman–Crippen LogP) is 11.1. The number of nitrogens with one attached hydrogen (secondary N) is 4. The molecule has 12 heteroatoms. The molecular formula is C50H62Cl2N8O2. The first-order valence-corrected chi connectivity index (χ1v) is 22.6. The van der Waals surface area contributed by atoms with Crippen LogP contribution in [0.1, 0.15) is 78.4 Å². The first-order chi connectivity index (χ1) is 29.6. The maximum absolute atomic E-state index is 9.86. The van der Waals surface area contributed by atoms with E-state index in [2.05, 4.69) is 121 Å². The van der Waals surface area contributed by atoms with E-state index in [1.807, 2.05) is 24.3 Å². The van der Waals surface area contributed by atoms with Gasteiger partial charge in [0.2, 0.25) is 0 Å². The zero-order chi connectivity index (χ0) is 44.0. The first kappa shape index (κ1) is 45.0. The van der Waals surface area contributed by atoms with Gasteiger partial charge in [-0.05, 0) is 115 Å². The van der Waals surface area contributed by atoms with Crippen LogP contribution in [-0.4, -0.2) is 69.5 Å². The number of phenols is 2. The van der Waals surface area contributed by atoms with Crippen molar-refractivity contribution in [1.82, 2.24) is 20.6 Å². The second-order valence-corrected chi connectivity index (χ2v) is 19.5. The van der Waals surface area contributed by atoms with Gasteiger partial charge < -0.3 is 41.3 Å². The van der Waals surface area contributed by atoms with E-state index in [-0.39, 0.29) is 22.6 Å². The number of rotatable bonds is 10. The number of halogens is 2. The fraction of sp³-hybridized carbons (Fsp3) is 0.400. The van der Waals surface area contributed by atoms with Crippen LogP contribution in [0.15, 0.2) is 97.1 Å². The molecule has 2 aromatic heterocycles. The average Bonchev–Trinajstić information content (AvgIpc) is 3.23. The van der Waals surface area contributed by atoms with Crippen LogP contribution in [0.2, 0.25) is 10.0 Å². The number of pyridine rings is 2. The van der Waals surface area contributed by atoms with E-state index in [9.17, 15) is 10.2 Å². The number of para-hydroxylation sites is 2.